The van der Waals surface area contributed by atoms with Crippen LogP contribution >= 0.6 is 23.2 Å². The Morgan fingerprint density at radius 3 is 2.24 bits per heavy atom. The molecule has 0 radical (unpaired) electrons. The highest BCUT2D eigenvalue weighted by Gasteiger charge is 2.29. The van der Waals surface area contributed by atoms with Gasteiger partial charge in [0.1, 0.15) is 18.9 Å². The first kappa shape index (κ1) is 31.5. The zero-order chi connectivity index (χ0) is 28.1. The number of benzene rings is 2. The minimum Gasteiger partial charge on any atom is -0.492 e. The Bertz CT molecular complexity index is 1020. The van der Waals surface area contributed by atoms with Crippen molar-refractivity contribution in [3.8, 4) is 5.75 Å². The predicted octanol–water partition coefficient (Wildman–Crippen LogP) is 5.20. The van der Waals surface area contributed by atoms with Gasteiger partial charge in [-0.3, -0.25) is 0 Å². The van der Waals surface area contributed by atoms with E-state index in [0.717, 1.165) is 10.5 Å². The summed E-state index contributed by atoms with van der Waals surface area (Å²) in [4.78, 5) is 24.8. The van der Waals surface area contributed by atoms with Crippen molar-refractivity contribution in [3.63, 3.8) is 0 Å². The van der Waals surface area contributed by atoms with E-state index in [1.807, 2.05) is 5.32 Å². The number of alkyl halides is 3. The molecule has 0 heterocycles. The van der Waals surface area contributed by atoms with Crippen LogP contribution in [0.2, 0.25) is 10.0 Å². The molecule has 0 bridgehead atoms. The fourth-order valence-corrected chi connectivity index (χ4v) is 3.86. The van der Waals surface area contributed by atoms with Gasteiger partial charge in [0.05, 0.1) is 19.8 Å². The van der Waals surface area contributed by atoms with Gasteiger partial charge >= 0.3 is 18.2 Å². The van der Waals surface area contributed by atoms with Crippen molar-refractivity contribution in [3.05, 3.63) is 63.6 Å². The molecule has 0 aliphatic heterocycles. The summed E-state index contributed by atoms with van der Waals surface area (Å²) in [6.45, 7) is 0.699. The molecule has 2 N–H and O–H groups in total. The van der Waals surface area contributed by atoms with Gasteiger partial charge in [0.25, 0.3) is 0 Å². The standard InChI is InChI=1S/C25H29Cl2F3N2O6/c1-2-37-22(23(33)34)13-17-3-5-21(6-4-17)38-10-8-32(24(35)31-16-25(28,29)30)7-9-36-15-18-11-19(26)14-20(27)12-18/h3-6,11-12,14,22H,2,7-10,13,15-16H2,1H3,(H,31,35)(H,33,34). The average Bonchev–Trinajstić information content (AvgIpc) is 2.83. The van der Waals surface area contributed by atoms with Crippen LogP contribution in [0.4, 0.5) is 18.0 Å². The largest absolute Gasteiger partial charge is 0.492 e. The topological polar surface area (TPSA) is 97.3 Å². The molecule has 0 aliphatic rings. The number of carbonyl (C=O) groups is 2. The highest BCUT2D eigenvalue weighted by molar-refractivity contribution is 6.34. The van der Waals surface area contributed by atoms with Gasteiger partial charge in [0.15, 0.2) is 6.10 Å². The van der Waals surface area contributed by atoms with Crippen molar-refractivity contribution in [1.82, 2.24) is 10.2 Å². The van der Waals surface area contributed by atoms with Crippen molar-refractivity contribution in [2.45, 2.75) is 32.2 Å². The molecule has 13 heteroatoms. The maximum atomic E-state index is 12.6. The van der Waals surface area contributed by atoms with E-state index in [4.69, 9.17) is 37.4 Å². The Balaban J connectivity index is 1.89. The number of hydrogen-bond acceptors (Lipinski definition) is 5. The lowest BCUT2D eigenvalue weighted by Crippen LogP contribution is -2.46. The molecule has 0 saturated heterocycles. The van der Waals surface area contributed by atoms with Crippen LogP contribution in [0.25, 0.3) is 0 Å². The highest BCUT2D eigenvalue weighted by Crippen LogP contribution is 2.20. The predicted molar refractivity (Wildman–Crippen MR) is 136 cm³/mol. The molecule has 2 rings (SSSR count). The van der Waals surface area contributed by atoms with Crippen molar-refractivity contribution < 1.29 is 42.1 Å². The number of amides is 2. The number of nitrogens with one attached hydrogen (secondary N) is 1. The van der Waals surface area contributed by atoms with E-state index in [2.05, 4.69) is 0 Å². The van der Waals surface area contributed by atoms with Crippen molar-refractivity contribution >= 4 is 35.2 Å². The number of hydrogen-bond donors (Lipinski definition) is 2. The molecule has 0 aliphatic carbocycles. The summed E-state index contributed by atoms with van der Waals surface area (Å²) in [6.07, 6.45) is -5.34. The summed E-state index contributed by atoms with van der Waals surface area (Å²) < 4.78 is 54.1. The normalized spacial score (nSPS) is 12.2. The summed E-state index contributed by atoms with van der Waals surface area (Å²) in [5.41, 5.74) is 1.43. The van der Waals surface area contributed by atoms with Crippen LogP contribution in [-0.4, -0.2) is 73.7 Å². The van der Waals surface area contributed by atoms with E-state index in [-0.39, 0.29) is 45.9 Å². The minimum absolute atomic E-state index is 0.000613. The average molecular weight is 581 g/mol. The summed E-state index contributed by atoms with van der Waals surface area (Å²) in [6, 6.07) is 10.6. The third-order valence-electron chi connectivity index (χ3n) is 5.04. The number of carboxylic acid groups (broad SMARTS) is 1. The zero-order valence-corrected chi connectivity index (χ0v) is 22.1. The molecule has 1 unspecified atom stereocenters. The Labute approximate surface area is 228 Å². The van der Waals surface area contributed by atoms with E-state index in [1.54, 1.807) is 49.4 Å². The molecule has 8 nitrogen and oxygen atoms in total. The summed E-state index contributed by atoms with van der Waals surface area (Å²) in [5, 5.41) is 11.9. The second-order valence-corrected chi connectivity index (χ2v) is 8.94. The van der Waals surface area contributed by atoms with Gasteiger partial charge < -0.3 is 29.5 Å². The fraction of sp³-hybridized carbons (Fsp3) is 0.440. The van der Waals surface area contributed by atoms with Crippen LogP contribution in [-0.2, 0) is 27.3 Å². The van der Waals surface area contributed by atoms with Gasteiger partial charge in [-0.05, 0) is 48.4 Å². The lowest BCUT2D eigenvalue weighted by Gasteiger charge is -2.23. The van der Waals surface area contributed by atoms with E-state index >= 15 is 0 Å². The van der Waals surface area contributed by atoms with E-state index in [9.17, 15) is 27.9 Å². The van der Waals surface area contributed by atoms with Gasteiger partial charge in [-0.2, -0.15) is 13.2 Å². The Morgan fingerprint density at radius 2 is 1.66 bits per heavy atom. The van der Waals surface area contributed by atoms with Crippen molar-refractivity contribution in [1.29, 1.82) is 0 Å². The quantitative estimate of drug-likeness (QED) is 0.281. The molecule has 2 aromatic rings. The van der Waals surface area contributed by atoms with E-state index in [0.29, 0.717) is 21.4 Å². The molecule has 0 spiro atoms. The first-order valence-corrected chi connectivity index (χ1v) is 12.4. The molecule has 0 fully saturated rings. The molecular formula is C25H29Cl2F3N2O6. The summed E-state index contributed by atoms with van der Waals surface area (Å²) in [7, 11) is 0. The fourth-order valence-electron chi connectivity index (χ4n) is 3.29. The van der Waals surface area contributed by atoms with Gasteiger partial charge in [0, 0.05) is 29.6 Å². The number of carbonyl (C=O) groups excluding carboxylic acids is 1. The Hall–Kier alpha value is -2.73. The maximum absolute atomic E-state index is 12.6. The van der Waals surface area contributed by atoms with Crippen LogP contribution in [0.5, 0.6) is 5.75 Å². The lowest BCUT2D eigenvalue weighted by atomic mass is 10.1. The molecule has 0 saturated carbocycles. The number of rotatable bonds is 15. The van der Waals surface area contributed by atoms with Crippen LogP contribution in [0, 0.1) is 0 Å². The lowest BCUT2D eigenvalue weighted by molar-refractivity contribution is -0.150. The van der Waals surface area contributed by atoms with E-state index in [1.165, 1.54) is 0 Å². The number of halogens is 5. The third kappa shape index (κ3) is 12.2. The molecule has 2 aromatic carbocycles. The van der Waals surface area contributed by atoms with Gasteiger partial charge in [-0.15, -0.1) is 0 Å². The smallest absolute Gasteiger partial charge is 0.405 e. The third-order valence-corrected chi connectivity index (χ3v) is 5.48. The molecule has 2 amide bonds. The number of nitrogens with zero attached hydrogens (tertiary/aromatic N) is 1. The number of ether oxygens (including phenoxy) is 3. The first-order valence-electron chi connectivity index (χ1n) is 11.6. The molecular weight excluding hydrogens is 552 g/mol. The monoisotopic (exact) mass is 580 g/mol. The zero-order valence-electron chi connectivity index (χ0n) is 20.6. The first-order chi connectivity index (χ1) is 18.0. The second-order valence-electron chi connectivity index (χ2n) is 8.07. The van der Waals surface area contributed by atoms with Gasteiger partial charge in [-0.1, -0.05) is 35.3 Å². The molecule has 1 atom stereocenters. The van der Waals surface area contributed by atoms with Gasteiger partial charge in [0.2, 0.25) is 0 Å². The Kier molecular flexibility index (Phi) is 12.9. The Morgan fingerprint density at radius 1 is 1.03 bits per heavy atom. The minimum atomic E-state index is -4.55. The van der Waals surface area contributed by atoms with Crippen molar-refractivity contribution in [2.75, 3.05) is 39.5 Å². The van der Waals surface area contributed by atoms with E-state index < -0.39 is 30.8 Å². The van der Waals surface area contributed by atoms with Crippen LogP contribution in [0.3, 0.4) is 0 Å². The maximum Gasteiger partial charge on any atom is 0.405 e. The number of aliphatic carboxylic acids is 1. The summed E-state index contributed by atoms with van der Waals surface area (Å²) in [5.74, 6) is -0.613. The summed E-state index contributed by atoms with van der Waals surface area (Å²) >= 11 is 11.9. The van der Waals surface area contributed by atoms with Crippen LogP contribution < -0.4 is 10.1 Å². The number of carboxylic acids is 1. The molecule has 210 valence electrons. The second kappa shape index (κ2) is 15.6. The van der Waals surface area contributed by atoms with Crippen LogP contribution in [0.1, 0.15) is 18.1 Å². The van der Waals surface area contributed by atoms with Crippen LogP contribution in [0.15, 0.2) is 42.5 Å². The highest BCUT2D eigenvalue weighted by atomic mass is 35.5. The molecule has 0 aromatic heterocycles. The van der Waals surface area contributed by atoms with Crippen molar-refractivity contribution in [2.24, 2.45) is 0 Å². The number of urea groups is 1. The molecule has 38 heavy (non-hydrogen) atoms. The van der Waals surface area contributed by atoms with Gasteiger partial charge in [-0.25, -0.2) is 9.59 Å². The SMILES string of the molecule is CCOC(Cc1ccc(OCCN(CCOCc2cc(Cl)cc(Cl)c2)C(=O)NCC(F)(F)F)cc1)C(=O)O.